The predicted octanol–water partition coefficient (Wildman–Crippen LogP) is 6.82. The molecule has 0 amide bonds. The first kappa shape index (κ1) is 22.3. The number of benzene rings is 2. The van der Waals surface area contributed by atoms with Gasteiger partial charge in [0.25, 0.3) is 0 Å². The van der Waals surface area contributed by atoms with Gasteiger partial charge in [-0.05, 0) is 0 Å². The van der Waals surface area contributed by atoms with Crippen LogP contribution in [0.1, 0.15) is 44.5 Å². The second kappa shape index (κ2) is 8.56. The SMILES string of the molecule is C[C](C)=[Ti]([CH]1C=Cc2ccccc21)([CH]1C=Cc2ccccc21)[P](=O)=O.Cl.Cl. The second-order valence-corrected chi connectivity index (χ2v) is 18.4. The molecule has 0 aliphatic heterocycles. The van der Waals surface area contributed by atoms with E-state index in [1.54, 1.807) is 0 Å². The van der Waals surface area contributed by atoms with Gasteiger partial charge in [0.15, 0.2) is 0 Å². The quantitative estimate of drug-likeness (QED) is 0.375. The molecule has 2 aromatic rings. The molecule has 27 heavy (non-hydrogen) atoms. The van der Waals surface area contributed by atoms with Gasteiger partial charge in [0, 0.05) is 0 Å². The molecule has 2 aliphatic carbocycles. The number of halogens is 2. The molecule has 2 nitrogen and oxygen atoms in total. The van der Waals surface area contributed by atoms with Crippen molar-refractivity contribution in [2.75, 3.05) is 0 Å². The van der Waals surface area contributed by atoms with Gasteiger partial charge in [0.05, 0.1) is 0 Å². The van der Waals surface area contributed by atoms with Crippen molar-refractivity contribution in [2.24, 2.45) is 0 Å². The first-order valence-corrected chi connectivity index (χ1v) is 14.4. The van der Waals surface area contributed by atoms with Crippen LogP contribution in [-0.4, -0.2) is 3.81 Å². The van der Waals surface area contributed by atoms with Crippen molar-refractivity contribution < 1.29 is 24.7 Å². The van der Waals surface area contributed by atoms with E-state index in [0.29, 0.717) is 0 Å². The Morgan fingerprint density at radius 1 is 0.778 bits per heavy atom. The van der Waals surface area contributed by atoms with Crippen LogP contribution in [0.2, 0.25) is 0 Å². The molecular formula is C21H22Cl2O2PTi. The fourth-order valence-electron chi connectivity index (χ4n) is 4.49. The van der Waals surface area contributed by atoms with Gasteiger partial charge in [-0.2, -0.15) is 0 Å². The van der Waals surface area contributed by atoms with E-state index >= 15 is 0 Å². The second-order valence-electron chi connectivity index (χ2n) is 7.01. The molecule has 0 radical (unpaired) electrons. The molecule has 0 heterocycles. The Kier molecular flexibility index (Phi) is 7.06. The normalized spacial score (nSPS) is 20.7. The van der Waals surface area contributed by atoms with Gasteiger partial charge in [0.2, 0.25) is 0 Å². The van der Waals surface area contributed by atoms with E-state index in [9.17, 15) is 9.13 Å². The van der Waals surface area contributed by atoms with Gasteiger partial charge in [-0.1, -0.05) is 0 Å². The van der Waals surface area contributed by atoms with Crippen molar-refractivity contribution >= 4 is 46.4 Å². The van der Waals surface area contributed by atoms with E-state index < -0.39 is 21.3 Å². The number of hydrogen-bond donors (Lipinski definition) is 0. The summed E-state index contributed by atoms with van der Waals surface area (Å²) in [6, 6.07) is 16.5. The maximum Gasteiger partial charge on any atom is -0.147 e. The molecule has 0 fully saturated rings. The van der Waals surface area contributed by atoms with E-state index in [2.05, 4.69) is 48.6 Å². The van der Waals surface area contributed by atoms with Gasteiger partial charge >= 0.3 is 152 Å². The monoisotopic (exact) mass is 455 g/mol. The molecule has 141 valence electrons. The van der Waals surface area contributed by atoms with E-state index in [1.807, 2.05) is 38.1 Å². The van der Waals surface area contributed by atoms with Crippen molar-refractivity contribution in [3.05, 3.63) is 82.9 Å². The fraction of sp³-hybridized carbons (Fsp3) is 0.190. The van der Waals surface area contributed by atoms with Crippen LogP contribution in [0.3, 0.4) is 0 Å². The third-order valence-electron chi connectivity index (χ3n) is 5.65. The molecular weight excluding hydrogens is 434 g/mol. The zero-order chi connectivity index (χ0) is 17.6. The molecule has 2 atom stereocenters. The van der Waals surface area contributed by atoms with Gasteiger partial charge < -0.3 is 0 Å². The Morgan fingerprint density at radius 2 is 1.19 bits per heavy atom. The van der Waals surface area contributed by atoms with Crippen LogP contribution in [0.15, 0.2) is 60.7 Å². The average molecular weight is 456 g/mol. The van der Waals surface area contributed by atoms with Crippen LogP contribution in [0.4, 0.5) is 0 Å². The summed E-state index contributed by atoms with van der Waals surface area (Å²) < 4.78 is 26.9. The Hall–Kier alpha value is -1.02. The van der Waals surface area contributed by atoms with E-state index in [4.69, 9.17) is 0 Å². The van der Waals surface area contributed by atoms with Gasteiger partial charge in [-0.25, -0.2) is 0 Å². The van der Waals surface area contributed by atoms with Crippen LogP contribution in [-0.2, 0) is 24.7 Å². The number of rotatable bonds is 3. The number of hydrogen-bond acceptors (Lipinski definition) is 2. The summed E-state index contributed by atoms with van der Waals surface area (Å²) in [5, 5.41) is 0. The topological polar surface area (TPSA) is 34.1 Å². The summed E-state index contributed by atoms with van der Waals surface area (Å²) in [6.45, 7) is 4.07. The minimum absolute atomic E-state index is 0. The van der Waals surface area contributed by atoms with Crippen molar-refractivity contribution in [3.8, 4) is 0 Å². The molecule has 0 N–H and O–H groups in total. The fourth-order valence-corrected chi connectivity index (χ4v) is 17.1. The van der Waals surface area contributed by atoms with Gasteiger partial charge in [0.1, 0.15) is 0 Å². The van der Waals surface area contributed by atoms with Crippen molar-refractivity contribution in [2.45, 2.75) is 22.3 Å². The standard InChI is InChI=1S/2C9H7.C3H6.2ClH.O2P.Ti/c2*1-2-5-9-7-3-6-8(9)4-1;1-3-2;;;1-3-2;/h2*1-7H;1-2H3;2*1H;;. The Bertz CT molecular complexity index is 976. The van der Waals surface area contributed by atoms with Crippen LogP contribution >= 0.6 is 30.5 Å². The molecule has 0 bridgehead atoms. The third kappa shape index (κ3) is 3.33. The molecule has 0 saturated heterocycles. The Balaban J connectivity index is 0.00000131. The van der Waals surface area contributed by atoms with E-state index in [0.717, 1.165) is 14.9 Å². The minimum Gasteiger partial charge on any atom is -0.147 e. The average Bonchev–Trinajstić information content (AvgIpc) is 3.21. The van der Waals surface area contributed by atoms with Crippen molar-refractivity contribution in [3.63, 3.8) is 0 Å². The minimum atomic E-state index is -3.57. The number of allylic oxidation sites excluding steroid dienone is 2. The molecule has 0 spiro atoms. The summed E-state index contributed by atoms with van der Waals surface area (Å²) >= 11 is -3.57. The molecule has 2 unspecified atom stereocenters. The van der Waals surface area contributed by atoms with Crippen LogP contribution < -0.4 is 0 Å². The third-order valence-corrected chi connectivity index (χ3v) is 20.3. The van der Waals surface area contributed by atoms with E-state index in [-0.39, 0.29) is 33.3 Å². The summed E-state index contributed by atoms with van der Waals surface area (Å²) in [7, 11) is 0. The summed E-state index contributed by atoms with van der Waals surface area (Å²) in [6.07, 6.45) is 8.51. The smallest absolute Gasteiger partial charge is 0.147 e. The van der Waals surface area contributed by atoms with Crippen molar-refractivity contribution in [1.29, 1.82) is 0 Å². The zero-order valence-corrected chi connectivity index (χ0v) is 19.3. The predicted molar refractivity (Wildman–Crippen MR) is 116 cm³/mol. The number of fused-ring (bicyclic) bond motifs is 2. The summed E-state index contributed by atoms with van der Waals surface area (Å²) in [5.41, 5.74) is 2.18. The van der Waals surface area contributed by atoms with Crippen LogP contribution in [0.5, 0.6) is 0 Å². The molecule has 2 aromatic carbocycles. The van der Waals surface area contributed by atoms with Crippen LogP contribution in [0.25, 0.3) is 12.2 Å². The maximum atomic E-state index is 12.9. The van der Waals surface area contributed by atoms with Gasteiger partial charge in [-0.15, -0.1) is 24.8 Å². The molecule has 6 heteroatoms. The molecule has 0 saturated carbocycles. The molecule has 4 rings (SSSR count). The summed E-state index contributed by atoms with van der Waals surface area (Å²) in [5.74, 6) is 0. The first-order valence-electron chi connectivity index (χ1n) is 8.56. The Morgan fingerprint density at radius 3 is 1.56 bits per heavy atom. The van der Waals surface area contributed by atoms with Gasteiger partial charge in [-0.3, -0.25) is 0 Å². The molecule has 0 aromatic heterocycles. The van der Waals surface area contributed by atoms with Crippen molar-refractivity contribution in [1.82, 2.24) is 0 Å². The van der Waals surface area contributed by atoms with E-state index in [1.165, 1.54) is 11.1 Å². The zero-order valence-electron chi connectivity index (χ0n) is 15.2. The maximum absolute atomic E-state index is 12.9. The molecule has 2 aliphatic rings. The first-order chi connectivity index (χ1) is 12.1. The Labute approximate surface area is 175 Å². The summed E-state index contributed by atoms with van der Waals surface area (Å²) in [4.78, 5) is 0. The largest absolute Gasteiger partial charge is 0.147 e. The van der Waals surface area contributed by atoms with Crippen LogP contribution in [0, 0.1) is 0 Å².